The Morgan fingerprint density at radius 2 is 0.891 bits per heavy atom. The maximum Gasteiger partial charge on any atom is 0.0465 e. The first-order valence-corrected chi connectivity index (χ1v) is 20.1. The van der Waals surface area contributed by atoms with E-state index in [2.05, 4.69) is 201 Å². The van der Waals surface area contributed by atoms with Gasteiger partial charge in [0.1, 0.15) is 0 Å². The largest absolute Gasteiger partial charge is 0.310 e. The van der Waals surface area contributed by atoms with Crippen molar-refractivity contribution in [2.24, 2.45) is 0 Å². The summed E-state index contributed by atoms with van der Waals surface area (Å²) in [5.74, 6) is 0.465. The van der Waals surface area contributed by atoms with Gasteiger partial charge in [0, 0.05) is 45.0 Å². The number of benzene rings is 7. The van der Waals surface area contributed by atoms with Gasteiger partial charge in [0.05, 0.1) is 0 Å². The zero-order valence-corrected chi connectivity index (χ0v) is 32.4. The fraction of sp³-hybridized carbons (Fsp3) is 0.208. The molecule has 7 aromatic rings. The highest BCUT2D eigenvalue weighted by Crippen LogP contribution is 2.56. The van der Waals surface area contributed by atoms with Crippen molar-refractivity contribution in [2.75, 3.05) is 9.80 Å². The van der Waals surface area contributed by atoms with Crippen molar-refractivity contribution in [1.29, 1.82) is 0 Å². The molecule has 0 radical (unpaired) electrons. The number of para-hydroxylation sites is 3. The molecule has 270 valence electrons. The van der Waals surface area contributed by atoms with E-state index < -0.39 is 0 Å². The van der Waals surface area contributed by atoms with E-state index in [-0.39, 0.29) is 10.8 Å². The molecule has 0 heterocycles. The highest BCUT2D eigenvalue weighted by Gasteiger charge is 2.45. The minimum atomic E-state index is -0.0887. The van der Waals surface area contributed by atoms with Crippen LogP contribution in [-0.4, -0.2) is 0 Å². The molecule has 1 spiro atoms. The molecule has 0 N–H and O–H groups in total. The second kappa shape index (κ2) is 12.9. The summed E-state index contributed by atoms with van der Waals surface area (Å²) in [6.45, 7) is 9.44. The van der Waals surface area contributed by atoms with Crippen LogP contribution in [-0.2, 0) is 23.7 Å². The van der Waals surface area contributed by atoms with E-state index in [1.807, 2.05) is 0 Å². The Kier molecular flexibility index (Phi) is 7.89. The van der Waals surface area contributed by atoms with Crippen LogP contribution in [0.3, 0.4) is 0 Å². The summed E-state index contributed by atoms with van der Waals surface area (Å²) in [4.78, 5) is 4.90. The number of hydrogen-bond donors (Lipinski definition) is 0. The van der Waals surface area contributed by atoms with Crippen molar-refractivity contribution in [3.63, 3.8) is 0 Å². The Bertz CT molecular complexity index is 2510. The molecule has 2 nitrogen and oxygen atoms in total. The normalized spacial score (nSPS) is 17.2. The number of hydrogen-bond acceptors (Lipinski definition) is 2. The van der Waals surface area contributed by atoms with Gasteiger partial charge >= 0.3 is 0 Å². The van der Waals surface area contributed by atoms with Crippen LogP contribution in [0.5, 0.6) is 0 Å². The van der Waals surface area contributed by atoms with Gasteiger partial charge < -0.3 is 9.80 Å². The smallest absolute Gasteiger partial charge is 0.0465 e. The minimum absolute atomic E-state index is 0.00704. The van der Waals surface area contributed by atoms with E-state index in [1.54, 1.807) is 0 Å². The number of nitrogens with zero attached hydrogens (tertiary/aromatic N) is 2. The van der Waals surface area contributed by atoms with Gasteiger partial charge in [0.25, 0.3) is 0 Å². The third-order valence-corrected chi connectivity index (χ3v) is 13.0. The molecule has 3 aliphatic rings. The third-order valence-electron chi connectivity index (χ3n) is 13.0. The monoisotopic (exact) mass is 712 g/mol. The Morgan fingerprint density at radius 1 is 0.436 bits per heavy atom. The molecule has 0 aromatic heterocycles. The number of rotatable bonds is 7. The van der Waals surface area contributed by atoms with Crippen molar-refractivity contribution in [2.45, 2.75) is 70.1 Å². The molecule has 10 rings (SSSR count). The molecule has 0 amide bonds. The van der Waals surface area contributed by atoms with Crippen molar-refractivity contribution < 1.29 is 0 Å². The first kappa shape index (κ1) is 33.7. The Labute approximate surface area is 326 Å². The SMILES string of the molecule is CC(C)c1cccc2c1-c1ccc(N(c3ccccc3)c3ccc4c(c3)[C@]3(CCc5ccc(N(c6ccccc6)c6ccccc6)cc53)CC4)cc1C2(C)C. The second-order valence-corrected chi connectivity index (χ2v) is 16.7. The highest BCUT2D eigenvalue weighted by molar-refractivity contribution is 5.88. The van der Waals surface area contributed by atoms with Gasteiger partial charge in [-0.05, 0) is 154 Å². The minimum Gasteiger partial charge on any atom is -0.310 e. The standard InChI is InChI=1S/C53H48N2/c1-36(2)45-21-14-22-47-51(45)46-28-27-44(35-50(46)52(47,3)4)55(41-19-12-7-13-20-41)43-26-24-38-30-32-53(49(38)34-43)31-29-37-23-25-42(33-48(37)53)54(39-15-8-5-9-16-39)40-17-10-6-11-18-40/h5-28,33-36H,29-32H2,1-4H3/t53-/m1/s1. The summed E-state index contributed by atoms with van der Waals surface area (Å²) in [7, 11) is 0. The number of fused-ring (bicyclic) bond motifs is 7. The van der Waals surface area contributed by atoms with Crippen LogP contribution in [0.1, 0.15) is 85.4 Å². The number of anilines is 6. The van der Waals surface area contributed by atoms with Crippen molar-refractivity contribution in [3.8, 4) is 11.1 Å². The molecule has 0 bridgehead atoms. The molecule has 0 fully saturated rings. The van der Waals surface area contributed by atoms with E-state index in [0.717, 1.165) is 25.7 Å². The van der Waals surface area contributed by atoms with E-state index >= 15 is 0 Å². The summed E-state index contributed by atoms with van der Waals surface area (Å²) in [6.07, 6.45) is 4.51. The summed E-state index contributed by atoms with van der Waals surface area (Å²) in [5, 5.41) is 0. The van der Waals surface area contributed by atoms with Crippen molar-refractivity contribution in [1.82, 2.24) is 0 Å². The molecule has 3 aliphatic carbocycles. The lowest BCUT2D eigenvalue weighted by molar-refractivity contribution is 0.507. The summed E-state index contributed by atoms with van der Waals surface area (Å²) in [6, 6.07) is 61.3. The maximum absolute atomic E-state index is 2.55. The lowest BCUT2D eigenvalue weighted by atomic mass is 9.76. The van der Waals surface area contributed by atoms with Crippen LogP contribution in [0.25, 0.3) is 11.1 Å². The molecule has 0 unspecified atom stereocenters. The summed E-state index contributed by atoms with van der Waals surface area (Å²) >= 11 is 0. The third kappa shape index (κ3) is 5.29. The topological polar surface area (TPSA) is 6.48 Å². The van der Waals surface area contributed by atoms with Crippen molar-refractivity contribution in [3.05, 3.63) is 203 Å². The summed E-state index contributed by atoms with van der Waals surface area (Å²) in [5.41, 5.74) is 20.2. The zero-order valence-electron chi connectivity index (χ0n) is 32.4. The average molecular weight is 713 g/mol. The Morgan fingerprint density at radius 3 is 1.38 bits per heavy atom. The predicted octanol–water partition coefficient (Wildman–Crippen LogP) is 14.2. The zero-order chi connectivity index (χ0) is 37.3. The van der Waals surface area contributed by atoms with Crippen LogP contribution in [0.2, 0.25) is 0 Å². The van der Waals surface area contributed by atoms with Gasteiger partial charge in [0.2, 0.25) is 0 Å². The van der Waals surface area contributed by atoms with Gasteiger partial charge in [-0.15, -0.1) is 0 Å². The second-order valence-electron chi connectivity index (χ2n) is 16.7. The molecule has 2 heteroatoms. The Hall–Kier alpha value is -5.86. The molecule has 55 heavy (non-hydrogen) atoms. The Balaban J connectivity index is 1.10. The predicted molar refractivity (Wildman–Crippen MR) is 231 cm³/mol. The van der Waals surface area contributed by atoms with E-state index in [1.165, 1.54) is 84.2 Å². The van der Waals surface area contributed by atoms with E-state index in [4.69, 9.17) is 0 Å². The quantitative estimate of drug-likeness (QED) is 0.162. The van der Waals surface area contributed by atoms with Crippen LogP contribution < -0.4 is 9.80 Å². The van der Waals surface area contributed by atoms with Gasteiger partial charge in [-0.2, -0.15) is 0 Å². The molecular weight excluding hydrogens is 665 g/mol. The lowest BCUT2D eigenvalue weighted by Gasteiger charge is -2.32. The van der Waals surface area contributed by atoms with E-state index in [0.29, 0.717) is 5.92 Å². The molecule has 1 atom stereocenters. The van der Waals surface area contributed by atoms with Gasteiger partial charge in [-0.1, -0.05) is 119 Å². The lowest BCUT2D eigenvalue weighted by Crippen LogP contribution is -2.22. The van der Waals surface area contributed by atoms with Gasteiger partial charge in [-0.25, -0.2) is 0 Å². The van der Waals surface area contributed by atoms with Crippen LogP contribution in [0.4, 0.5) is 34.1 Å². The molecule has 0 saturated heterocycles. The molecular formula is C53H48N2. The van der Waals surface area contributed by atoms with Crippen LogP contribution >= 0.6 is 0 Å². The first-order valence-electron chi connectivity index (χ1n) is 20.1. The van der Waals surface area contributed by atoms with E-state index in [9.17, 15) is 0 Å². The fourth-order valence-electron chi connectivity index (χ4n) is 10.3. The first-order chi connectivity index (χ1) is 26.8. The average Bonchev–Trinajstić information content (AvgIpc) is 3.86. The fourth-order valence-corrected chi connectivity index (χ4v) is 10.3. The molecule has 0 saturated carbocycles. The van der Waals surface area contributed by atoms with Crippen LogP contribution in [0, 0.1) is 0 Å². The van der Waals surface area contributed by atoms with Gasteiger partial charge in [0.15, 0.2) is 0 Å². The number of aryl methyl sites for hydroxylation is 2. The van der Waals surface area contributed by atoms with Crippen molar-refractivity contribution >= 4 is 34.1 Å². The highest BCUT2D eigenvalue weighted by atomic mass is 15.1. The molecule has 7 aromatic carbocycles. The molecule has 0 aliphatic heterocycles. The van der Waals surface area contributed by atoms with Crippen LogP contribution in [0.15, 0.2) is 164 Å². The summed E-state index contributed by atoms with van der Waals surface area (Å²) < 4.78 is 0. The maximum atomic E-state index is 2.55. The van der Waals surface area contributed by atoms with Gasteiger partial charge in [-0.3, -0.25) is 0 Å².